The van der Waals surface area contributed by atoms with Gasteiger partial charge in [0.1, 0.15) is 11.3 Å². The van der Waals surface area contributed by atoms with Crippen molar-refractivity contribution in [3.63, 3.8) is 0 Å². The molecule has 1 aliphatic rings. The van der Waals surface area contributed by atoms with Crippen LogP contribution in [0.1, 0.15) is 23.2 Å². The molecule has 1 heterocycles. The van der Waals surface area contributed by atoms with Gasteiger partial charge in [-0.05, 0) is 31.7 Å². The number of rotatable bonds is 6. The average molecular weight is 362 g/mol. The molecule has 0 spiro atoms. The molecular formula is C14H20ClN3O4S. The molecule has 1 saturated heterocycles. The summed E-state index contributed by atoms with van der Waals surface area (Å²) in [5.41, 5.74) is -0.181. The SMILES string of the molecule is COc1cc([N+](=O)[O-])c(C(=O)NCC2CCCN2)cc1SC.Cl. The van der Waals surface area contributed by atoms with E-state index in [-0.39, 0.29) is 29.7 Å². The highest BCUT2D eigenvalue weighted by Crippen LogP contribution is 2.34. The van der Waals surface area contributed by atoms with Crippen molar-refractivity contribution in [2.24, 2.45) is 0 Å². The molecule has 2 rings (SSSR count). The largest absolute Gasteiger partial charge is 0.495 e. The van der Waals surface area contributed by atoms with E-state index in [0.29, 0.717) is 17.2 Å². The minimum Gasteiger partial charge on any atom is -0.495 e. The van der Waals surface area contributed by atoms with Gasteiger partial charge >= 0.3 is 0 Å². The zero-order chi connectivity index (χ0) is 16.1. The Morgan fingerprint density at radius 2 is 2.30 bits per heavy atom. The molecular weight excluding hydrogens is 342 g/mol. The van der Waals surface area contributed by atoms with Gasteiger partial charge < -0.3 is 15.4 Å². The highest BCUT2D eigenvalue weighted by molar-refractivity contribution is 7.98. The molecule has 1 aliphatic heterocycles. The number of nitrogens with zero attached hydrogens (tertiary/aromatic N) is 1. The van der Waals surface area contributed by atoms with Crippen LogP contribution in [-0.4, -0.2) is 43.3 Å². The molecule has 1 aromatic carbocycles. The number of methoxy groups -OCH3 is 1. The van der Waals surface area contributed by atoms with Crippen LogP contribution in [0.5, 0.6) is 5.75 Å². The number of amides is 1. The highest BCUT2D eigenvalue weighted by Gasteiger charge is 2.24. The molecule has 128 valence electrons. The topological polar surface area (TPSA) is 93.5 Å². The van der Waals surface area contributed by atoms with Crippen LogP contribution < -0.4 is 15.4 Å². The molecule has 1 fully saturated rings. The lowest BCUT2D eigenvalue weighted by molar-refractivity contribution is -0.385. The number of nitro groups is 1. The van der Waals surface area contributed by atoms with E-state index < -0.39 is 10.8 Å². The Bertz CT molecular complexity index is 579. The van der Waals surface area contributed by atoms with Crippen molar-refractivity contribution >= 4 is 35.8 Å². The van der Waals surface area contributed by atoms with Gasteiger partial charge in [-0.3, -0.25) is 14.9 Å². The number of halogens is 1. The first-order valence-corrected chi connectivity index (χ1v) is 8.21. The smallest absolute Gasteiger partial charge is 0.285 e. The quantitative estimate of drug-likeness (QED) is 0.458. The summed E-state index contributed by atoms with van der Waals surface area (Å²) in [4.78, 5) is 23.6. The van der Waals surface area contributed by atoms with Crippen molar-refractivity contribution in [1.82, 2.24) is 10.6 Å². The Morgan fingerprint density at radius 1 is 1.57 bits per heavy atom. The minimum atomic E-state index is -0.560. The third-order valence-electron chi connectivity index (χ3n) is 3.61. The number of nitro benzene ring substituents is 1. The molecule has 9 heteroatoms. The highest BCUT2D eigenvalue weighted by atomic mass is 35.5. The maximum absolute atomic E-state index is 12.3. The fourth-order valence-electron chi connectivity index (χ4n) is 2.44. The van der Waals surface area contributed by atoms with Crippen molar-refractivity contribution in [3.8, 4) is 5.75 Å². The van der Waals surface area contributed by atoms with Gasteiger partial charge in [-0.25, -0.2) is 0 Å². The summed E-state index contributed by atoms with van der Waals surface area (Å²) in [6.45, 7) is 1.41. The molecule has 7 nitrogen and oxygen atoms in total. The normalized spacial score (nSPS) is 16.5. The Balaban J connectivity index is 0.00000264. The minimum absolute atomic E-state index is 0. The summed E-state index contributed by atoms with van der Waals surface area (Å²) in [5.74, 6) is -0.0356. The van der Waals surface area contributed by atoms with Crippen LogP contribution in [-0.2, 0) is 0 Å². The Labute approximate surface area is 145 Å². The van der Waals surface area contributed by atoms with Crippen molar-refractivity contribution in [3.05, 3.63) is 27.8 Å². The first-order valence-electron chi connectivity index (χ1n) is 6.98. The first-order chi connectivity index (χ1) is 10.6. The lowest BCUT2D eigenvalue weighted by Gasteiger charge is -2.13. The summed E-state index contributed by atoms with van der Waals surface area (Å²) in [6.07, 6.45) is 3.91. The maximum Gasteiger partial charge on any atom is 0.285 e. The van der Waals surface area contributed by atoms with Crippen LogP contribution in [0, 0.1) is 10.1 Å². The van der Waals surface area contributed by atoms with Gasteiger partial charge in [-0.1, -0.05) is 0 Å². The number of ether oxygens (including phenoxy) is 1. The van der Waals surface area contributed by atoms with Gasteiger partial charge in [0.15, 0.2) is 0 Å². The predicted molar refractivity (Wildman–Crippen MR) is 92.0 cm³/mol. The molecule has 1 unspecified atom stereocenters. The monoisotopic (exact) mass is 361 g/mol. The molecule has 23 heavy (non-hydrogen) atoms. The van der Waals surface area contributed by atoms with Gasteiger partial charge in [0.2, 0.25) is 0 Å². The van der Waals surface area contributed by atoms with Crippen LogP contribution >= 0.6 is 24.2 Å². The van der Waals surface area contributed by atoms with Crippen molar-refractivity contribution in [2.75, 3.05) is 26.5 Å². The zero-order valence-electron chi connectivity index (χ0n) is 13.0. The van der Waals surface area contributed by atoms with E-state index in [1.807, 2.05) is 6.26 Å². The number of hydrogen-bond donors (Lipinski definition) is 2. The van der Waals surface area contributed by atoms with Gasteiger partial charge in [0, 0.05) is 12.6 Å². The molecule has 1 atom stereocenters. The summed E-state index contributed by atoms with van der Waals surface area (Å²) in [6, 6.07) is 3.05. The van der Waals surface area contributed by atoms with Crippen LogP contribution in [0.2, 0.25) is 0 Å². The van der Waals surface area contributed by atoms with Crippen LogP contribution in [0.25, 0.3) is 0 Å². The van der Waals surface area contributed by atoms with Crippen LogP contribution in [0.15, 0.2) is 17.0 Å². The third kappa shape index (κ3) is 4.73. The number of carbonyl (C=O) groups excluding carboxylic acids is 1. The second kappa shape index (κ2) is 8.95. The molecule has 0 saturated carbocycles. The van der Waals surface area contributed by atoms with E-state index in [2.05, 4.69) is 10.6 Å². The fourth-order valence-corrected chi connectivity index (χ4v) is 3.02. The Hall–Kier alpha value is -1.51. The summed E-state index contributed by atoms with van der Waals surface area (Å²) in [7, 11) is 1.45. The number of benzene rings is 1. The number of hydrogen-bond acceptors (Lipinski definition) is 6. The molecule has 0 bridgehead atoms. The molecule has 2 N–H and O–H groups in total. The van der Waals surface area contributed by atoms with Crippen LogP contribution in [0.3, 0.4) is 0 Å². The van der Waals surface area contributed by atoms with Gasteiger partial charge in [0.25, 0.3) is 11.6 Å². The van der Waals surface area contributed by atoms with Gasteiger partial charge in [-0.2, -0.15) is 0 Å². The summed E-state index contributed by atoms with van der Waals surface area (Å²) >= 11 is 1.38. The lowest BCUT2D eigenvalue weighted by Crippen LogP contribution is -2.37. The second-order valence-corrected chi connectivity index (χ2v) is 5.83. The van der Waals surface area contributed by atoms with Crippen molar-refractivity contribution < 1.29 is 14.5 Å². The average Bonchev–Trinajstić information content (AvgIpc) is 3.04. The lowest BCUT2D eigenvalue weighted by atomic mass is 10.1. The van der Waals surface area contributed by atoms with Crippen molar-refractivity contribution in [2.45, 2.75) is 23.8 Å². The van der Waals surface area contributed by atoms with E-state index in [4.69, 9.17) is 4.74 Å². The number of thioether (sulfide) groups is 1. The maximum atomic E-state index is 12.3. The van der Waals surface area contributed by atoms with Crippen LogP contribution in [0.4, 0.5) is 5.69 Å². The van der Waals surface area contributed by atoms with E-state index in [0.717, 1.165) is 19.4 Å². The summed E-state index contributed by atoms with van der Waals surface area (Å²) < 4.78 is 5.14. The van der Waals surface area contributed by atoms with Crippen molar-refractivity contribution in [1.29, 1.82) is 0 Å². The fraction of sp³-hybridized carbons (Fsp3) is 0.500. The standard InChI is InChI=1S/C14H19N3O4S.ClH/c1-21-12-7-11(17(19)20)10(6-13(12)22-2)14(18)16-8-9-4-3-5-15-9;/h6-7,9,15H,3-5,8H2,1-2H3,(H,16,18);1H. The molecule has 1 aromatic rings. The summed E-state index contributed by atoms with van der Waals surface area (Å²) in [5, 5.41) is 17.2. The molecule has 0 aliphatic carbocycles. The first kappa shape index (κ1) is 19.5. The number of carbonyl (C=O) groups is 1. The van der Waals surface area contributed by atoms with E-state index >= 15 is 0 Å². The molecule has 0 aromatic heterocycles. The van der Waals surface area contributed by atoms with Gasteiger partial charge in [-0.15, -0.1) is 24.2 Å². The van der Waals surface area contributed by atoms with E-state index in [1.165, 1.54) is 31.0 Å². The third-order valence-corrected chi connectivity index (χ3v) is 4.37. The Morgan fingerprint density at radius 3 is 2.83 bits per heavy atom. The van der Waals surface area contributed by atoms with Gasteiger partial charge in [0.05, 0.1) is 23.0 Å². The molecule has 0 radical (unpaired) electrons. The molecule has 1 amide bonds. The second-order valence-electron chi connectivity index (χ2n) is 4.98. The number of nitrogens with one attached hydrogen (secondary N) is 2. The van der Waals surface area contributed by atoms with E-state index in [1.54, 1.807) is 0 Å². The van der Waals surface area contributed by atoms with E-state index in [9.17, 15) is 14.9 Å². The zero-order valence-corrected chi connectivity index (χ0v) is 14.6. The Kier molecular flexibility index (Phi) is 7.60. The predicted octanol–water partition coefficient (Wildman–Crippen LogP) is 2.23.